The number of piperidine rings is 1. The van der Waals surface area contributed by atoms with Gasteiger partial charge in [-0.3, -0.25) is 9.79 Å². The van der Waals surface area contributed by atoms with E-state index in [1.165, 1.54) is 29.2 Å². The number of nitrogens with zero attached hydrogens (tertiary/aromatic N) is 6. The van der Waals surface area contributed by atoms with Gasteiger partial charge in [-0.15, -0.1) is 0 Å². The Morgan fingerprint density at radius 2 is 1.79 bits per heavy atom. The summed E-state index contributed by atoms with van der Waals surface area (Å²) in [6.07, 6.45) is 9.48. The predicted molar refractivity (Wildman–Crippen MR) is 133 cm³/mol. The summed E-state index contributed by atoms with van der Waals surface area (Å²) >= 11 is 12.1. The van der Waals surface area contributed by atoms with Crippen molar-refractivity contribution in [3.8, 4) is 11.4 Å². The molecule has 0 unspecified atom stereocenters. The smallest absolute Gasteiger partial charge is 0.275 e. The predicted octanol–water partition coefficient (Wildman–Crippen LogP) is 4.30. The molecule has 0 bridgehead atoms. The highest BCUT2D eigenvalue weighted by molar-refractivity contribution is 6.42. The molecule has 0 radical (unpaired) electrons. The molecule has 0 amide bonds. The minimum absolute atomic E-state index is 0.0481. The number of hydrogen-bond donors (Lipinski definition) is 0. The monoisotopic (exact) mass is 498 g/mol. The fourth-order valence-electron chi connectivity index (χ4n) is 4.04. The molecule has 2 fully saturated rings. The van der Waals surface area contributed by atoms with Gasteiger partial charge in [0, 0.05) is 51.4 Å². The molecule has 1 aromatic carbocycles. The molecule has 176 valence electrons. The van der Waals surface area contributed by atoms with Gasteiger partial charge in [-0.25, -0.2) is 9.97 Å². The van der Waals surface area contributed by atoms with Crippen molar-refractivity contribution in [1.29, 1.82) is 0 Å². The van der Waals surface area contributed by atoms with Crippen LogP contribution in [-0.4, -0.2) is 52.2 Å². The van der Waals surface area contributed by atoms with E-state index in [-0.39, 0.29) is 11.7 Å². The summed E-state index contributed by atoms with van der Waals surface area (Å²) < 4.78 is 7.48. The molecule has 34 heavy (non-hydrogen) atoms. The maximum absolute atomic E-state index is 12.8. The van der Waals surface area contributed by atoms with Crippen molar-refractivity contribution in [3.05, 3.63) is 68.3 Å². The SMILES string of the molecule is CN=Cc1nn(-c2ccc(Cl)c(Cl)c2)c(=O)cc1OC1CCN(c2ncc(C3CC3)cn2)CC1. The normalized spacial score (nSPS) is 16.9. The van der Waals surface area contributed by atoms with Crippen LogP contribution in [0.2, 0.25) is 10.0 Å². The van der Waals surface area contributed by atoms with Crippen LogP contribution in [-0.2, 0) is 0 Å². The number of halogens is 2. The van der Waals surface area contributed by atoms with Crippen LogP contribution in [0.15, 0.2) is 46.4 Å². The van der Waals surface area contributed by atoms with Crippen LogP contribution < -0.4 is 15.2 Å². The Morgan fingerprint density at radius 3 is 2.44 bits per heavy atom. The van der Waals surface area contributed by atoms with Crippen LogP contribution in [0.25, 0.3) is 5.69 Å². The van der Waals surface area contributed by atoms with Crippen LogP contribution in [0.3, 0.4) is 0 Å². The van der Waals surface area contributed by atoms with Gasteiger partial charge in [-0.2, -0.15) is 9.78 Å². The molecule has 0 spiro atoms. The van der Waals surface area contributed by atoms with E-state index in [2.05, 4.69) is 25.0 Å². The lowest BCUT2D eigenvalue weighted by Crippen LogP contribution is -2.39. The minimum atomic E-state index is -0.330. The van der Waals surface area contributed by atoms with E-state index < -0.39 is 0 Å². The average molecular weight is 499 g/mol. The van der Waals surface area contributed by atoms with Gasteiger partial charge in [-0.1, -0.05) is 23.2 Å². The third kappa shape index (κ3) is 4.93. The van der Waals surface area contributed by atoms with E-state index >= 15 is 0 Å². The van der Waals surface area contributed by atoms with E-state index in [9.17, 15) is 4.79 Å². The summed E-state index contributed by atoms with van der Waals surface area (Å²) in [5, 5.41) is 5.21. The maximum atomic E-state index is 12.8. The lowest BCUT2D eigenvalue weighted by atomic mass is 10.1. The number of aliphatic imine (C=N–C) groups is 1. The van der Waals surface area contributed by atoms with Crippen molar-refractivity contribution in [2.45, 2.75) is 37.7 Å². The van der Waals surface area contributed by atoms with Gasteiger partial charge in [0.2, 0.25) is 5.95 Å². The zero-order valence-corrected chi connectivity index (χ0v) is 20.2. The van der Waals surface area contributed by atoms with Gasteiger partial charge in [0.1, 0.15) is 11.8 Å². The fraction of sp³-hybridized carbons (Fsp3) is 0.375. The molecule has 10 heteroatoms. The molecule has 1 saturated carbocycles. The van der Waals surface area contributed by atoms with Crippen molar-refractivity contribution in [2.75, 3.05) is 25.0 Å². The molecule has 0 N–H and O–H groups in total. The zero-order valence-electron chi connectivity index (χ0n) is 18.7. The van der Waals surface area contributed by atoms with E-state index in [0.29, 0.717) is 33.1 Å². The molecular formula is C24H24Cl2N6O2. The van der Waals surface area contributed by atoms with Crippen LogP contribution in [0.1, 0.15) is 42.9 Å². The van der Waals surface area contributed by atoms with Crippen molar-refractivity contribution in [1.82, 2.24) is 19.7 Å². The first-order valence-corrected chi connectivity index (χ1v) is 12.0. The van der Waals surface area contributed by atoms with Gasteiger partial charge < -0.3 is 9.64 Å². The van der Waals surface area contributed by atoms with Crippen molar-refractivity contribution >= 4 is 35.4 Å². The van der Waals surface area contributed by atoms with Gasteiger partial charge in [0.05, 0.1) is 21.9 Å². The van der Waals surface area contributed by atoms with Crippen LogP contribution in [0.5, 0.6) is 5.75 Å². The van der Waals surface area contributed by atoms with E-state index in [1.54, 1.807) is 31.5 Å². The van der Waals surface area contributed by atoms with Crippen LogP contribution in [0.4, 0.5) is 5.95 Å². The molecule has 5 rings (SSSR count). The maximum Gasteiger partial charge on any atom is 0.275 e. The fourth-order valence-corrected chi connectivity index (χ4v) is 4.33. The van der Waals surface area contributed by atoms with Crippen molar-refractivity contribution < 1.29 is 4.74 Å². The van der Waals surface area contributed by atoms with Gasteiger partial charge >= 0.3 is 0 Å². The molecule has 1 aliphatic heterocycles. The zero-order chi connectivity index (χ0) is 23.7. The van der Waals surface area contributed by atoms with Crippen molar-refractivity contribution in [3.63, 3.8) is 0 Å². The van der Waals surface area contributed by atoms with E-state index in [4.69, 9.17) is 27.9 Å². The second kappa shape index (κ2) is 9.72. The number of aromatic nitrogens is 4. The quantitative estimate of drug-likeness (QED) is 0.470. The highest BCUT2D eigenvalue weighted by Crippen LogP contribution is 2.39. The summed E-state index contributed by atoms with van der Waals surface area (Å²) in [5.41, 5.74) is 1.88. The Kier molecular flexibility index (Phi) is 6.52. The molecule has 2 aliphatic rings. The Bertz CT molecular complexity index is 1270. The Labute approximate surface area is 207 Å². The van der Waals surface area contributed by atoms with Crippen molar-refractivity contribution in [2.24, 2.45) is 4.99 Å². The van der Waals surface area contributed by atoms with Crippen LogP contribution >= 0.6 is 23.2 Å². The lowest BCUT2D eigenvalue weighted by Gasteiger charge is -2.32. The summed E-state index contributed by atoms with van der Waals surface area (Å²) in [6, 6.07) is 6.35. The molecule has 2 aromatic heterocycles. The number of hydrogen-bond acceptors (Lipinski definition) is 7. The van der Waals surface area contributed by atoms with E-state index in [0.717, 1.165) is 31.9 Å². The highest BCUT2D eigenvalue weighted by atomic mass is 35.5. The summed E-state index contributed by atoms with van der Waals surface area (Å²) in [4.78, 5) is 28.2. The molecule has 3 heterocycles. The average Bonchev–Trinajstić information content (AvgIpc) is 3.69. The lowest BCUT2D eigenvalue weighted by molar-refractivity contribution is 0.169. The van der Waals surface area contributed by atoms with Gasteiger partial charge in [0.25, 0.3) is 5.56 Å². The second-order valence-corrected chi connectivity index (χ2v) is 9.34. The second-order valence-electron chi connectivity index (χ2n) is 8.52. The molecular weight excluding hydrogens is 475 g/mol. The summed E-state index contributed by atoms with van der Waals surface area (Å²) in [6.45, 7) is 1.55. The first-order valence-electron chi connectivity index (χ1n) is 11.3. The number of anilines is 1. The largest absolute Gasteiger partial charge is 0.488 e. The van der Waals surface area contributed by atoms with E-state index in [1.807, 2.05) is 12.4 Å². The number of ether oxygens (including phenoxy) is 1. The van der Waals surface area contributed by atoms with Gasteiger partial charge in [0.15, 0.2) is 5.75 Å². The molecule has 1 aliphatic carbocycles. The topological polar surface area (TPSA) is 85.5 Å². The Balaban J connectivity index is 1.29. The molecule has 3 aromatic rings. The van der Waals surface area contributed by atoms with Crippen LogP contribution in [0, 0.1) is 0 Å². The third-order valence-electron chi connectivity index (χ3n) is 6.05. The first-order chi connectivity index (χ1) is 16.5. The van der Waals surface area contributed by atoms with Gasteiger partial charge in [-0.05, 0) is 42.5 Å². The first kappa shape index (κ1) is 22.8. The molecule has 0 atom stereocenters. The summed E-state index contributed by atoms with van der Waals surface area (Å²) in [5.74, 6) is 1.82. The molecule has 1 saturated heterocycles. The highest BCUT2D eigenvalue weighted by Gasteiger charge is 2.26. The Hall–Kier alpha value is -2.97. The number of rotatable bonds is 6. The minimum Gasteiger partial charge on any atom is -0.488 e. The number of benzene rings is 1. The summed E-state index contributed by atoms with van der Waals surface area (Å²) in [7, 11) is 1.65. The Morgan fingerprint density at radius 1 is 1.06 bits per heavy atom. The standard InChI is InChI=1S/C24H24Cl2N6O2/c1-27-14-21-22(11-23(33)32(30-21)17-4-5-19(25)20(26)10-17)34-18-6-8-31(9-7-18)24-28-12-16(13-29-24)15-2-3-15/h4-5,10-15,18H,2-3,6-9H2,1H3. The molecule has 8 nitrogen and oxygen atoms in total. The third-order valence-corrected chi connectivity index (χ3v) is 6.79.